The van der Waals surface area contributed by atoms with E-state index in [0.29, 0.717) is 23.9 Å². The van der Waals surface area contributed by atoms with Gasteiger partial charge in [-0.15, -0.1) is 0 Å². The number of fused-ring (bicyclic) bond motifs is 1. The number of alkyl halides is 3. The van der Waals surface area contributed by atoms with Gasteiger partial charge in [0.2, 0.25) is 5.91 Å². The quantitative estimate of drug-likeness (QED) is 0.338. The molecule has 3 heterocycles. The van der Waals surface area contributed by atoms with Crippen molar-refractivity contribution in [2.75, 3.05) is 25.0 Å². The predicted octanol–water partition coefficient (Wildman–Crippen LogP) is 4.54. The number of halogens is 4. The summed E-state index contributed by atoms with van der Waals surface area (Å²) in [5.41, 5.74) is -1.83. The van der Waals surface area contributed by atoms with Gasteiger partial charge in [-0.2, -0.15) is 13.2 Å². The number of nitrogens with one attached hydrogen (secondary N) is 2. The van der Waals surface area contributed by atoms with Gasteiger partial charge in [-0.05, 0) is 61.2 Å². The van der Waals surface area contributed by atoms with E-state index < -0.39 is 58.5 Å². The Hall–Kier alpha value is -4.42. The number of aromatic nitrogens is 1. The molecule has 2 saturated heterocycles. The number of amides is 5. The molecule has 1 aromatic heterocycles. The normalized spacial score (nSPS) is 18.0. The maximum absolute atomic E-state index is 14.3. The number of hydrogen-bond acceptors (Lipinski definition) is 4. The predicted molar refractivity (Wildman–Crippen MR) is 145 cm³/mol. The number of imide groups is 1. The molecule has 13 heteroatoms. The molecule has 2 N–H and O–H groups in total. The second-order valence-electron chi connectivity index (χ2n) is 11.0. The first kappa shape index (κ1) is 29.1. The minimum absolute atomic E-state index is 0.0750. The summed E-state index contributed by atoms with van der Waals surface area (Å²) in [7, 11) is 1.41. The summed E-state index contributed by atoms with van der Waals surface area (Å²) in [6, 6.07) is 7.08. The zero-order valence-electron chi connectivity index (χ0n) is 23.1. The number of aromatic amines is 1. The molecule has 0 radical (unpaired) electrons. The monoisotopic (exact) mass is 587 g/mol. The largest absolute Gasteiger partial charge is 0.416 e. The summed E-state index contributed by atoms with van der Waals surface area (Å²) in [5.74, 6) is -3.70. The molecule has 2 fully saturated rings. The van der Waals surface area contributed by atoms with Crippen molar-refractivity contribution in [1.29, 1.82) is 0 Å². The first-order valence-corrected chi connectivity index (χ1v) is 13.4. The average Bonchev–Trinajstić information content (AvgIpc) is 3.48. The van der Waals surface area contributed by atoms with Crippen molar-refractivity contribution < 1.29 is 36.7 Å². The molecule has 1 spiro atoms. The number of hydrogen-bond donors (Lipinski definition) is 2. The molecule has 2 aliphatic rings. The van der Waals surface area contributed by atoms with Gasteiger partial charge in [0.1, 0.15) is 17.4 Å². The Bertz CT molecular complexity index is 1580. The van der Waals surface area contributed by atoms with E-state index in [1.54, 1.807) is 26.1 Å². The van der Waals surface area contributed by atoms with Crippen molar-refractivity contribution >= 4 is 40.3 Å². The molecule has 222 valence electrons. The summed E-state index contributed by atoms with van der Waals surface area (Å²) < 4.78 is 53.8. The van der Waals surface area contributed by atoms with Crippen LogP contribution in [0.4, 0.5) is 28.0 Å². The van der Waals surface area contributed by atoms with Crippen molar-refractivity contribution in [2.24, 2.45) is 5.92 Å². The van der Waals surface area contributed by atoms with Crippen LogP contribution in [0.2, 0.25) is 0 Å². The molecule has 0 bridgehead atoms. The highest BCUT2D eigenvalue weighted by molar-refractivity contribution is 6.17. The summed E-state index contributed by atoms with van der Waals surface area (Å²) in [6.07, 6.45) is -2.77. The number of benzene rings is 2. The van der Waals surface area contributed by atoms with Crippen molar-refractivity contribution in [1.82, 2.24) is 20.1 Å². The summed E-state index contributed by atoms with van der Waals surface area (Å²) >= 11 is 0. The third-order valence-corrected chi connectivity index (χ3v) is 8.06. The van der Waals surface area contributed by atoms with Gasteiger partial charge in [-0.25, -0.2) is 9.18 Å². The van der Waals surface area contributed by atoms with Crippen LogP contribution in [-0.2, 0) is 15.8 Å². The third-order valence-electron chi connectivity index (χ3n) is 8.06. The fraction of sp³-hybridized carbons (Fsp3) is 0.379. The van der Waals surface area contributed by atoms with E-state index in [1.807, 2.05) is 18.2 Å². The number of piperidine rings is 1. The van der Waals surface area contributed by atoms with E-state index in [1.165, 1.54) is 16.8 Å². The maximum atomic E-state index is 14.3. The number of carbonyl (C=O) groups excluding carboxylic acids is 4. The Labute approximate surface area is 238 Å². The van der Waals surface area contributed by atoms with Crippen molar-refractivity contribution in [2.45, 2.75) is 44.4 Å². The van der Waals surface area contributed by atoms with Crippen LogP contribution in [0.3, 0.4) is 0 Å². The van der Waals surface area contributed by atoms with E-state index in [-0.39, 0.29) is 31.8 Å². The van der Waals surface area contributed by atoms with Gasteiger partial charge in [-0.1, -0.05) is 13.8 Å². The van der Waals surface area contributed by atoms with Gasteiger partial charge in [0.05, 0.1) is 11.1 Å². The minimum atomic E-state index is -4.78. The highest BCUT2D eigenvalue weighted by Gasteiger charge is 2.58. The standard InChI is InChI=1S/C29H29F4N5O4/c1-16(2)23(35-24(39)20-15-18(29(31,32)33)4-6-21(20)30)25(40)37-12-9-28(10-13-37)26(41)36(3)27(42)38(28)19-5-7-22-17(14-19)8-11-34-22/h4-8,11,14-16,23,34H,9-10,12-13H2,1-3H3,(H,35,39). The van der Waals surface area contributed by atoms with Crippen LogP contribution in [0.15, 0.2) is 48.7 Å². The zero-order valence-corrected chi connectivity index (χ0v) is 23.1. The second kappa shape index (κ2) is 10.4. The van der Waals surface area contributed by atoms with Crippen LogP contribution in [0.5, 0.6) is 0 Å². The number of anilines is 1. The van der Waals surface area contributed by atoms with Gasteiger partial charge in [0, 0.05) is 42.9 Å². The zero-order chi connectivity index (χ0) is 30.6. The fourth-order valence-electron chi connectivity index (χ4n) is 5.70. The number of likely N-dealkylation sites (tertiary alicyclic amines) is 1. The van der Waals surface area contributed by atoms with Crippen molar-refractivity contribution in [3.63, 3.8) is 0 Å². The number of urea groups is 1. The first-order valence-electron chi connectivity index (χ1n) is 13.4. The molecule has 5 amide bonds. The Morgan fingerprint density at radius 2 is 1.71 bits per heavy atom. The van der Waals surface area contributed by atoms with Gasteiger partial charge in [-0.3, -0.25) is 24.2 Å². The fourth-order valence-corrected chi connectivity index (χ4v) is 5.70. The lowest BCUT2D eigenvalue weighted by Gasteiger charge is -2.43. The number of carbonyl (C=O) groups is 4. The topological polar surface area (TPSA) is 106 Å². The average molecular weight is 588 g/mol. The van der Waals surface area contributed by atoms with Crippen molar-refractivity contribution in [3.05, 3.63) is 65.6 Å². The number of likely N-dealkylation sites (N-methyl/N-ethyl adjacent to an activating group) is 1. The minimum Gasteiger partial charge on any atom is -0.361 e. The summed E-state index contributed by atoms with van der Waals surface area (Å²) in [4.78, 5) is 60.1. The smallest absolute Gasteiger partial charge is 0.361 e. The molecule has 2 aromatic carbocycles. The van der Waals surface area contributed by atoms with E-state index in [4.69, 9.17) is 0 Å². The Morgan fingerprint density at radius 1 is 1.02 bits per heavy atom. The molecule has 2 aliphatic heterocycles. The Balaban J connectivity index is 1.35. The highest BCUT2D eigenvalue weighted by atomic mass is 19.4. The summed E-state index contributed by atoms with van der Waals surface area (Å²) in [5, 5.41) is 3.26. The molecular weight excluding hydrogens is 558 g/mol. The highest BCUT2D eigenvalue weighted by Crippen LogP contribution is 2.41. The lowest BCUT2D eigenvalue weighted by molar-refractivity contribution is -0.139. The van der Waals surface area contributed by atoms with Gasteiger partial charge < -0.3 is 15.2 Å². The first-order chi connectivity index (χ1) is 19.7. The molecule has 0 saturated carbocycles. The molecule has 5 rings (SSSR count). The van der Waals surface area contributed by atoms with Crippen LogP contribution >= 0.6 is 0 Å². The Kier molecular flexibility index (Phi) is 7.23. The van der Waals surface area contributed by atoms with Crippen LogP contribution in [0, 0.1) is 11.7 Å². The Morgan fingerprint density at radius 3 is 2.36 bits per heavy atom. The van der Waals surface area contributed by atoms with E-state index in [0.717, 1.165) is 15.8 Å². The molecule has 9 nitrogen and oxygen atoms in total. The molecule has 1 unspecified atom stereocenters. The number of nitrogens with zero attached hydrogens (tertiary/aromatic N) is 3. The van der Waals surface area contributed by atoms with Crippen LogP contribution < -0.4 is 10.2 Å². The van der Waals surface area contributed by atoms with Crippen LogP contribution in [0.25, 0.3) is 10.9 Å². The van der Waals surface area contributed by atoms with Gasteiger partial charge >= 0.3 is 12.2 Å². The molecule has 0 aliphatic carbocycles. The maximum Gasteiger partial charge on any atom is 0.416 e. The van der Waals surface area contributed by atoms with Crippen molar-refractivity contribution in [3.8, 4) is 0 Å². The van der Waals surface area contributed by atoms with Crippen LogP contribution in [-0.4, -0.2) is 70.3 Å². The number of rotatable bonds is 5. The molecule has 42 heavy (non-hydrogen) atoms. The van der Waals surface area contributed by atoms with E-state index in [2.05, 4.69) is 10.3 Å². The SMILES string of the molecule is CC(C)C(NC(=O)c1cc(C(F)(F)F)ccc1F)C(=O)N1CCC2(CC1)C(=O)N(C)C(=O)N2c1ccc2[nH]ccc2c1. The molecular formula is C29H29F4N5O4. The summed E-state index contributed by atoms with van der Waals surface area (Å²) in [6.45, 7) is 3.44. The lowest BCUT2D eigenvalue weighted by Crippen LogP contribution is -2.60. The molecule has 1 atom stereocenters. The van der Waals surface area contributed by atoms with Gasteiger partial charge in [0.25, 0.3) is 11.8 Å². The van der Waals surface area contributed by atoms with Crippen LogP contribution in [0.1, 0.15) is 42.6 Å². The molecule has 3 aromatic rings. The lowest BCUT2D eigenvalue weighted by atomic mass is 9.85. The second-order valence-corrected chi connectivity index (χ2v) is 11.0. The number of H-pyrrole nitrogens is 1. The van der Waals surface area contributed by atoms with E-state index in [9.17, 15) is 36.7 Å². The van der Waals surface area contributed by atoms with E-state index >= 15 is 0 Å². The van der Waals surface area contributed by atoms with Gasteiger partial charge in [0.15, 0.2) is 0 Å². The third kappa shape index (κ3) is 4.86.